The van der Waals surface area contributed by atoms with Crippen LogP contribution in [-0.4, -0.2) is 23.1 Å². The minimum Gasteiger partial charge on any atom is -1.00 e. The Hall–Kier alpha value is 1.47. The van der Waals surface area contributed by atoms with E-state index in [-0.39, 0.29) is 57.0 Å². The number of hydrogen-bond donors (Lipinski definition) is 0. The van der Waals surface area contributed by atoms with Crippen molar-refractivity contribution in [1.29, 1.82) is 0 Å². The summed E-state index contributed by atoms with van der Waals surface area (Å²) in [5, 5.41) is 0. The summed E-state index contributed by atoms with van der Waals surface area (Å²) in [7, 11) is 0. The summed E-state index contributed by atoms with van der Waals surface area (Å²) in [4.78, 5) is 0. The van der Waals surface area contributed by atoms with Crippen LogP contribution in [0.2, 0.25) is 0 Å². The van der Waals surface area contributed by atoms with E-state index in [1.807, 2.05) is 0 Å². The molecule has 0 nitrogen and oxygen atoms in total. The van der Waals surface area contributed by atoms with Gasteiger partial charge in [0.25, 0.3) is 0 Å². The van der Waals surface area contributed by atoms with Crippen molar-refractivity contribution in [3.8, 4) is 0 Å². The summed E-state index contributed by atoms with van der Waals surface area (Å²) < 4.78 is 0. The van der Waals surface area contributed by atoms with E-state index >= 15 is 0 Å². The van der Waals surface area contributed by atoms with Crippen molar-refractivity contribution in [2.75, 3.05) is 0 Å². The first-order valence-corrected chi connectivity index (χ1v) is 1.15. The molecule has 32 valence electrons. The average Bonchev–Trinajstić information content (AvgIpc) is 1.46. The Morgan fingerprint density at radius 3 is 1.17 bits per heavy atom. The Labute approximate surface area is 75.1 Å². The second-order valence-corrected chi connectivity index (χ2v) is 0.707. The molecule has 0 spiro atoms. The maximum Gasteiger partial charge on any atom is 2.00 e. The van der Waals surface area contributed by atoms with Gasteiger partial charge in [0.1, 0.15) is 0 Å². The molecule has 1 aliphatic carbocycles. The maximum atomic E-state index is 2.12. The summed E-state index contributed by atoms with van der Waals surface area (Å²) in [5.74, 6) is 0. The van der Waals surface area contributed by atoms with Gasteiger partial charge in [-0.05, 0) is 6.42 Å². The molecule has 0 unspecified atom stereocenters. The van der Waals surface area contributed by atoms with E-state index in [2.05, 4.69) is 12.2 Å². The van der Waals surface area contributed by atoms with Crippen molar-refractivity contribution < 1.29 is 34.0 Å². The van der Waals surface area contributed by atoms with Crippen LogP contribution in [0.15, 0.2) is 12.2 Å². The molecule has 0 amide bonds. The van der Waals surface area contributed by atoms with Crippen molar-refractivity contribution in [2.45, 2.75) is 6.42 Å². The first-order chi connectivity index (χ1) is 1.50. The molecule has 0 aromatic heterocycles. The van der Waals surface area contributed by atoms with Crippen molar-refractivity contribution in [3.63, 3.8) is 0 Å². The first kappa shape index (κ1) is 15.7. The van der Waals surface area contributed by atoms with Gasteiger partial charge in [0.15, 0.2) is 0 Å². The van der Waals surface area contributed by atoms with Crippen LogP contribution in [0, 0.1) is 0 Å². The SMILES string of the molecule is C1=CC1.[Br-].[Br-].[Mg+2]. The second-order valence-electron chi connectivity index (χ2n) is 0.707. The molecule has 0 saturated carbocycles. The van der Waals surface area contributed by atoms with E-state index in [0.717, 1.165) is 0 Å². The van der Waals surface area contributed by atoms with Crippen LogP contribution >= 0.6 is 0 Å². The van der Waals surface area contributed by atoms with E-state index in [0.29, 0.717) is 0 Å². The molecule has 0 aromatic carbocycles. The third-order valence-corrected chi connectivity index (χ3v) is 0.236. The maximum absolute atomic E-state index is 2.12. The van der Waals surface area contributed by atoms with Gasteiger partial charge in [-0.3, -0.25) is 0 Å². The average molecular weight is 224 g/mol. The van der Waals surface area contributed by atoms with Crippen molar-refractivity contribution in [2.24, 2.45) is 0 Å². The van der Waals surface area contributed by atoms with Gasteiger partial charge in [0, 0.05) is 0 Å². The molecule has 0 aromatic rings. The molecular weight excluding hydrogens is 220 g/mol. The molecule has 0 radical (unpaired) electrons. The van der Waals surface area contributed by atoms with Crippen LogP contribution in [0.5, 0.6) is 0 Å². The van der Waals surface area contributed by atoms with Gasteiger partial charge in [-0.1, -0.05) is 12.2 Å². The summed E-state index contributed by atoms with van der Waals surface area (Å²) in [6.07, 6.45) is 5.50. The largest absolute Gasteiger partial charge is 2.00 e. The van der Waals surface area contributed by atoms with Crippen LogP contribution in [0.3, 0.4) is 0 Å². The topological polar surface area (TPSA) is 0 Å². The predicted octanol–water partition coefficient (Wildman–Crippen LogP) is -5.43. The smallest absolute Gasteiger partial charge is 1.00 e. The second kappa shape index (κ2) is 9.69. The number of allylic oxidation sites excluding steroid dienone is 2. The van der Waals surface area contributed by atoms with Crippen molar-refractivity contribution in [1.82, 2.24) is 0 Å². The van der Waals surface area contributed by atoms with Crippen LogP contribution in [0.25, 0.3) is 0 Å². The van der Waals surface area contributed by atoms with Crippen molar-refractivity contribution in [3.05, 3.63) is 12.2 Å². The molecule has 6 heavy (non-hydrogen) atoms. The molecular formula is C3H4Br2Mg. The van der Waals surface area contributed by atoms with Gasteiger partial charge in [-0.2, -0.15) is 0 Å². The molecule has 0 N–H and O–H groups in total. The normalized spacial score (nSPS) is 9.33. The Kier molecular flexibility index (Phi) is 25.3. The van der Waals surface area contributed by atoms with Gasteiger partial charge in [0.05, 0.1) is 0 Å². The Morgan fingerprint density at radius 1 is 1.00 bits per heavy atom. The molecule has 1 rings (SSSR count). The molecule has 0 fully saturated rings. The van der Waals surface area contributed by atoms with E-state index in [9.17, 15) is 0 Å². The third kappa shape index (κ3) is 17.9. The number of rotatable bonds is 0. The minimum atomic E-state index is 0. The molecule has 0 atom stereocenters. The minimum absolute atomic E-state index is 0. The van der Waals surface area contributed by atoms with E-state index < -0.39 is 0 Å². The summed E-state index contributed by atoms with van der Waals surface area (Å²) in [6.45, 7) is 0. The van der Waals surface area contributed by atoms with Gasteiger partial charge in [0.2, 0.25) is 0 Å². The van der Waals surface area contributed by atoms with Gasteiger partial charge in [-0.25, -0.2) is 0 Å². The molecule has 0 bridgehead atoms. The molecule has 1 aliphatic rings. The van der Waals surface area contributed by atoms with Gasteiger partial charge in [-0.15, -0.1) is 0 Å². The Balaban J connectivity index is -0.0000000300. The summed E-state index contributed by atoms with van der Waals surface area (Å²) in [6, 6.07) is 0. The fourth-order valence-electron chi connectivity index (χ4n) is 0. The first-order valence-electron chi connectivity index (χ1n) is 1.15. The number of halogens is 2. The van der Waals surface area contributed by atoms with Crippen LogP contribution in [0.4, 0.5) is 0 Å². The monoisotopic (exact) mass is 222 g/mol. The zero-order valence-corrected chi connectivity index (χ0v) is 7.91. The Bertz CT molecular complexity index is 31.8. The van der Waals surface area contributed by atoms with E-state index in [1.165, 1.54) is 6.42 Å². The third-order valence-electron chi connectivity index (χ3n) is 0.236. The van der Waals surface area contributed by atoms with Crippen LogP contribution in [0.1, 0.15) is 6.42 Å². The Morgan fingerprint density at radius 2 is 1.17 bits per heavy atom. The van der Waals surface area contributed by atoms with E-state index in [1.54, 1.807) is 0 Å². The van der Waals surface area contributed by atoms with Gasteiger partial charge >= 0.3 is 23.1 Å². The zero-order chi connectivity index (χ0) is 2.12. The summed E-state index contributed by atoms with van der Waals surface area (Å²) in [5.41, 5.74) is 0. The van der Waals surface area contributed by atoms with Crippen LogP contribution in [-0.2, 0) is 0 Å². The summed E-state index contributed by atoms with van der Waals surface area (Å²) >= 11 is 0. The fourth-order valence-corrected chi connectivity index (χ4v) is 0. The predicted molar refractivity (Wildman–Crippen MR) is 19.5 cm³/mol. The van der Waals surface area contributed by atoms with Gasteiger partial charge < -0.3 is 34.0 Å². The molecule has 0 aliphatic heterocycles. The van der Waals surface area contributed by atoms with E-state index in [4.69, 9.17) is 0 Å². The molecule has 3 heteroatoms. The zero-order valence-electron chi connectivity index (χ0n) is 3.32. The quantitative estimate of drug-likeness (QED) is 0.284. The standard InChI is InChI=1S/C3H4.2BrH.Mg/c1-2-3-1;;;/h1-2H,3H2;2*1H;/q;;;+2/p-2. The van der Waals surface area contributed by atoms with Crippen molar-refractivity contribution >= 4 is 23.1 Å². The molecule has 0 saturated heterocycles. The molecule has 0 heterocycles. The fraction of sp³-hybridized carbons (Fsp3) is 0.333. The number of hydrogen-bond acceptors (Lipinski definition) is 0. The van der Waals surface area contributed by atoms with Crippen LogP contribution < -0.4 is 34.0 Å².